The number of benzene rings is 3. The Bertz CT molecular complexity index is 872. The van der Waals surface area contributed by atoms with Crippen molar-refractivity contribution in [3.05, 3.63) is 95.3 Å². The second-order valence-electron chi connectivity index (χ2n) is 5.01. The Morgan fingerprint density at radius 2 is 1.04 bits per heavy atom. The molecule has 0 aliphatic rings. The van der Waals surface area contributed by atoms with Gasteiger partial charge in [0.2, 0.25) is 9.79 Å². The van der Waals surface area contributed by atoms with E-state index >= 15 is 0 Å². The Hall–Kier alpha value is -2.78. The first kappa shape index (κ1) is 17.1. The van der Waals surface area contributed by atoms with Gasteiger partial charge >= 0.3 is 0 Å². The Balaban J connectivity index is 2.31. The van der Waals surface area contributed by atoms with Gasteiger partial charge in [0, 0.05) is 0 Å². The lowest BCUT2D eigenvalue weighted by Gasteiger charge is -2.11. The molecule has 0 amide bonds. The van der Waals surface area contributed by atoms with Crippen LogP contribution in [-0.2, 0) is 10.9 Å². The summed E-state index contributed by atoms with van der Waals surface area (Å²) in [5.41, 5.74) is 0.315. The van der Waals surface area contributed by atoms with Crippen molar-refractivity contribution in [1.29, 1.82) is 0 Å². The molecule has 0 aromatic heterocycles. The molecule has 3 aromatic rings. The van der Waals surface area contributed by atoms with Crippen LogP contribution in [0, 0.1) is 29.8 Å². The molecular formula is C19H10F4NS+. The van der Waals surface area contributed by atoms with Crippen molar-refractivity contribution in [2.75, 3.05) is 0 Å². The third kappa shape index (κ3) is 3.24. The van der Waals surface area contributed by atoms with Crippen molar-refractivity contribution < 1.29 is 17.6 Å². The first-order chi connectivity index (χ1) is 12.0. The molecule has 0 saturated heterocycles. The summed E-state index contributed by atoms with van der Waals surface area (Å²) in [5.74, 6) is -3.55. The molecule has 124 valence electrons. The lowest BCUT2D eigenvalue weighted by molar-refractivity contribution is 0.528. The highest BCUT2D eigenvalue weighted by Gasteiger charge is 2.39. The molecule has 3 aromatic carbocycles. The molecule has 0 spiro atoms. The number of hydrogen-bond acceptors (Lipinski definition) is 0. The molecule has 1 nitrogen and oxygen atoms in total. The summed E-state index contributed by atoms with van der Waals surface area (Å²) in [6.07, 6.45) is 0. The van der Waals surface area contributed by atoms with Crippen LogP contribution < -0.4 is 0 Å². The summed E-state index contributed by atoms with van der Waals surface area (Å²) < 4.78 is 57.4. The third-order valence-electron chi connectivity index (χ3n) is 3.45. The molecule has 3 rings (SSSR count). The molecule has 0 radical (unpaired) electrons. The van der Waals surface area contributed by atoms with E-state index in [9.17, 15) is 17.6 Å². The summed E-state index contributed by atoms with van der Waals surface area (Å²) in [5, 5.41) is 0. The monoisotopic (exact) mass is 360 g/mol. The van der Waals surface area contributed by atoms with E-state index in [2.05, 4.69) is 4.85 Å². The number of rotatable bonds is 3. The van der Waals surface area contributed by atoms with E-state index < -0.39 is 44.0 Å². The largest absolute Gasteiger partial charge is 0.238 e. The predicted molar refractivity (Wildman–Crippen MR) is 87.6 cm³/mol. The van der Waals surface area contributed by atoms with E-state index in [-0.39, 0.29) is 0 Å². The minimum absolute atomic E-state index is 0.306. The fourth-order valence-corrected chi connectivity index (χ4v) is 4.49. The fourth-order valence-electron chi connectivity index (χ4n) is 2.35. The number of nitrogens with zero attached hydrogens (tertiary/aromatic N) is 1. The molecule has 0 bridgehead atoms. The quantitative estimate of drug-likeness (QED) is 0.312. The molecule has 6 heteroatoms. The average Bonchev–Trinajstić information content (AvgIpc) is 2.60. The van der Waals surface area contributed by atoms with Crippen molar-refractivity contribution in [2.45, 2.75) is 14.7 Å². The highest BCUT2D eigenvalue weighted by molar-refractivity contribution is 7.97. The summed E-state index contributed by atoms with van der Waals surface area (Å²) in [7, 11) is -1.67. The van der Waals surface area contributed by atoms with Crippen molar-refractivity contribution in [3.63, 3.8) is 0 Å². The summed E-state index contributed by atoms with van der Waals surface area (Å²) in [6.45, 7) is 6.97. The lowest BCUT2D eigenvalue weighted by atomic mass is 10.3. The molecule has 0 aliphatic heterocycles. The van der Waals surface area contributed by atoms with Crippen LogP contribution in [0.2, 0.25) is 0 Å². The number of halogens is 4. The maximum absolute atomic E-state index is 14.4. The molecular weight excluding hydrogens is 350 g/mol. The summed E-state index contributed by atoms with van der Waals surface area (Å²) in [6, 6.07) is 12.4. The van der Waals surface area contributed by atoms with Gasteiger partial charge in [-0.05, 0) is 36.4 Å². The van der Waals surface area contributed by atoms with Crippen LogP contribution >= 0.6 is 0 Å². The van der Waals surface area contributed by atoms with Gasteiger partial charge in [0.05, 0.1) is 6.57 Å². The Labute approximate surface area is 144 Å². The van der Waals surface area contributed by atoms with Crippen molar-refractivity contribution in [3.8, 4) is 0 Å². The van der Waals surface area contributed by atoms with E-state index in [0.717, 1.165) is 24.3 Å². The van der Waals surface area contributed by atoms with Gasteiger partial charge in [-0.25, -0.2) is 22.4 Å². The van der Waals surface area contributed by atoms with Gasteiger partial charge in [0.1, 0.15) is 10.9 Å². The molecule has 0 fully saturated rings. The smallest absolute Gasteiger partial charge is 0.237 e. The molecule has 0 atom stereocenters. The average molecular weight is 360 g/mol. The minimum atomic E-state index is -1.67. The second-order valence-corrected chi connectivity index (χ2v) is 6.91. The van der Waals surface area contributed by atoms with Gasteiger partial charge in [-0.2, -0.15) is 0 Å². The van der Waals surface area contributed by atoms with E-state index in [4.69, 9.17) is 6.57 Å². The van der Waals surface area contributed by atoms with Crippen molar-refractivity contribution >= 4 is 16.6 Å². The molecule has 0 unspecified atom stereocenters. The Morgan fingerprint density at radius 1 is 0.640 bits per heavy atom. The Morgan fingerprint density at radius 3 is 1.40 bits per heavy atom. The zero-order valence-electron chi connectivity index (χ0n) is 12.6. The van der Waals surface area contributed by atoms with Crippen molar-refractivity contribution in [1.82, 2.24) is 0 Å². The molecule has 0 saturated carbocycles. The summed E-state index contributed by atoms with van der Waals surface area (Å²) >= 11 is 0. The van der Waals surface area contributed by atoms with Crippen molar-refractivity contribution in [2.24, 2.45) is 0 Å². The van der Waals surface area contributed by atoms with Crippen LogP contribution in [0.5, 0.6) is 0 Å². The van der Waals surface area contributed by atoms with Gasteiger partial charge in [-0.15, -0.1) is 0 Å². The zero-order valence-corrected chi connectivity index (χ0v) is 13.5. The van der Waals surface area contributed by atoms with Crippen LogP contribution in [0.15, 0.2) is 75.4 Å². The fraction of sp³-hybridized carbons (Fsp3) is 0. The van der Waals surface area contributed by atoms with E-state index in [1.54, 1.807) is 0 Å². The van der Waals surface area contributed by atoms with E-state index in [1.165, 1.54) is 36.4 Å². The molecule has 0 N–H and O–H groups in total. The first-order valence-electron chi connectivity index (χ1n) is 7.12. The van der Waals surface area contributed by atoms with E-state index in [0.29, 0.717) is 10.6 Å². The normalized spacial score (nSPS) is 10.7. The van der Waals surface area contributed by atoms with E-state index in [1.807, 2.05) is 0 Å². The van der Waals surface area contributed by atoms with Gasteiger partial charge in [-0.3, -0.25) is 0 Å². The number of hydrogen-bond donors (Lipinski definition) is 0. The molecule has 25 heavy (non-hydrogen) atoms. The topological polar surface area (TPSA) is 4.36 Å². The minimum Gasteiger partial charge on any atom is -0.238 e. The van der Waals surface area contributed by atoms with Crippen LogP contribution in [0.3, 0.4) is 0 Å². The third-order valence-corrected chi connectivity index (χ3v) is 5.79. The lowest BCUT2D eigenvalue weighted by Crippen LogP contribution is -2.13. The van der Waals surface area contributed by atoms with Crippen LogP contribution in [-0.4, -0.2) is 0 Å². The maximum Gasteiger partial charge on any atom is 0.237 e. The maximum atomic E-state index is 14.4. The Kier molecular flexibility index (Phi) is 4.77. The zero-order chi connectivity index (χ0) is 18.0. The highest BCUT2D eigenvalue weighted by atomic mass is 32.2. The SMILES string of the molecule is [C-]#[N+]c1ccc([S+](c2c(F)cccc2F)c2c(F)cccc2F)cc1. The molecule has 0 aliphatic carbocycles. The van der Waals surface area contributed by atoms with Crippen LogP contribution in [0.25, 0.3) is 4.85 Å². The first-order valence-corrected chi connectivity index (χ1v) is 8.35. The molecule has 0 heterocycles. The second kappa shape index (κ2) is 6.99. The van der Waals surface area contributed by atoms with Gasteiger partial charge < -0.3 is 0 Å². The predicted octanol–water partition coefficient (Wildman–Crippen LogP) is 5.89. The van der Waals surface area contributed by atoms with Gasteiger partial charge in [-0.1, -0.05) is 24.3 Å². The van der Waals surface area contributed by atoms with Crippen LogP contribution in [0.4, 0.5) is 23.2 Å². The summed E-state index contributed by atoms with van der Waals surface area (Å²) in [4.78, 5) is 2.72. The highest BCUT2D eigenvalue weighted by Crippen LogP contribution is 2.37. The van der Waals surface area contributed by atoms with Crippen LogP contribution in [0.1, 0.15) is 0 Å². The standard InChI is InChI=1S/C19H10F4NS/c1-24-12-8-10-13(11-9-12)25(18-14(20)4-2-5-15(18)21)19-16(22)6-3-7-17(19)23/h2-11H/q+1. The van der Waals surface area contributed by atoms with Gasteiger partial charge in [0.15, 0.2) is 33.9 Å². The van der Waals surface area contributed by atoms with Gasteiger partial charge in [0.25, 0.3) is 0 Å².